The molecular weight excluding hydrogens is 272 g/mol. The van der Waals surface area contributed by atoms with Crippen LogP contribution in [-0.2, 0) is 19.0 Å². The molecule has 2 aliphatic rings. The predicted molar refractivity (Wildman–Crippen MR) is 77.5 cm³/mol. The molecule has 0 radical (unpaired) electrons. The van der Waals surface area contributed by atoms with Gasteiger partial charge in [-0.3, -0.25) is 4.79 Å². The third kappa shape index (κ3) is 2.72. The van der Waals surface area contributed by atoms with Crippen molar-refractivity contribution >= 4 is 5.78 Å². The van der Waals surface area contributed by atoms with E-state index in [1.54, 1.807) is 19.9 Å². The molecular formula is C16H24O5. The number of rotatable bonds is 3. The van der Waals surface area contributed by atoms with Gasteiger partial charge in [0.2, 0.25) is 5.78 Å². The molecule has 21 heavy (non-hydrogen) atoms. The average molecular weight is 296 g/mol. The van der Waals surface area contributed by atoms with Gasteiger partial charge in [-0.25, -0.2) is 0 Å². The average Bonchev–Trinajstić information content (AvgIpc) is 2.42. The van der Waals surface area contributed by atoms with E-state index in [1.165, 1.54) is 20.3 Å². The fourth-order valence-corrected chi connectivity index (χ4v) is 3.02. The Bertz CT molecular complexity index is 485. The molecule has 1 fully saturated rings. The van der Waals surface area contributed by atoms with E-state index >= 15 is 0 Å². The first-order valence-corrected chi connectivity index (χ1v) is 7.22. The first-order chi connectivity index (χ1) is 9.74. The molecule has 0 amide bonds. The van der Waals surface area contributed by atoms with Crippen LogP contribution in [0.25, 0.3) is 0 Å². The van der Waals surface area contributed by atoms with Crippen molar-refractivity contribution in [2.75, 3.05) is 14.2 Å². The molecule has 0 aromatic heterocycles. The molecule has 3 unspecified atom stereocenters. The predicted octanol–water partition coefficient (Wildman–Crippen LogP) is 1.95. The first kappa shape index (κ1) is 16.0. The molecule has 2 rings (SSSR count). The fourth-order valence-electron chi connectivity index (χ4n) is 3.02. The van der Waals surface area contributed by atoms with Crippen LogP contribution in [0.4, 0.5) is 0 Å². The zero-order chi connectivity index (χ0) is 15.8. The summed E-state index contributed by atoms with van der Waals surface area (Å²) in [6.07, 6.45) is 4.39. The fraction of sp³-hybridized carbons (Fsp3) is 0.688. The summed E-state index contributed by atoms with van der Waals surface area (Å²) >= 11 is 0. The van der Waals surface area contributed by atoms with Gasteiger partial charge in [-0.2, -0.15) is 0 Å². The number of allylic oxidation sites excluding steroid dienone is 1. The Labute approximate surface area is 125 Å². The van der Waals surface area contributed by atoms with Gasteiger partial charge in [0.25, 0.3) is 0 Å². The van der Waals surface area contributed by atoms with Gasteiger partial charge in [0, 0.05) is 12.2 Å². The largest absolute Gasteiger partial charge is 0.498 e. The van der Waals surface area contributed by atoms with Gasteiger partial charge >= 0.3 is 0 Å². The number of hydrogen-bond donors (Lipinski definition) is 1. The smallest absolute Gasteiger partial charge is 0.223 e. The van der Waals surface area contributed by atoms with Crippen molar-refractivity contribution in [3.63, 3.8) is 0 Å². The highest BCUT2D eigenvalue weighted by molar-refractivity contribution is 6.04. The van der Waals surface area contributed by atoms with Crippen molar-refractivity contribution < 1.29 is 24.1 Å². The highest BCUT2D eigenvalue weighted by Crippen LogP contribution is 2.45. The third-order valence-corrected chi connectivity index (χ3v) is 4.39. The van der Waals surface area contributed by atoms with E-state index in [2.05, 4.69) is 0 Å². The van der Waals surface area contributed by atoms with Gasteiger partial charge in [-0.15, -0.1) is 0 Å². The second-order valence-corrected chi connectivity index (χ2v) is 6.32. The van der Waals surface area contributed by atoms with Crippen LogP contribution in [0.5, 0.6) is 0 Å². The summed E-state index contributed by atoms with van der Waals surface area (Å²) in [4.78, 5) is 12.0. The lowest BCUT2D eigenvalue weighted by Gasteiger charge is -2.48. The molecule has 0 aromatic carbocycles. The molecule has 1 N–H and O–H groups in total. The number of carbonyl (C=O) groups is 1. The zero-order valence-corrected chi connectivity index (χ0v) is 13.3. The van der Waals surface area contributed by atoms with Crippen molar-refractivity contribution in [1.82, 2.24) is 0 Å². The number of methoxy groups -OCH3 is 2. The van der Waals surface area contributed by atoms with Crippen molar-refractivity contribution in [2.45, 2.75) is 50.9 Å². The monoisotopic (exact) mass is 296 g/mol. The van der Waals surface area contributed by atoms with Crippen LogP contribution in [0.2, 0.25) is 0 Å². The van der Waals surface area contributed by atoms with Gasteiger partial charge in [0.05, 0.1) is 25.9 Å². The number of hydrogen-bond acceptors (Lipinski definition) is 5. The Balaban J connectivity index is 2.46. The molecule has 0 saturated carbocycles. The van der Waals surface area contributed by atoms with Crippen molar-refractivity contribution in [2.24, 2.45) is 5.92 Å². The molecule has 3 atom stereocenters. The minimum absolute atomic E-state index is 0.112. The van der Waals surface area contributed by atoms with E-state index in [1.807, 2.05) is 6.92 Å². The maximum Gasteiger partial charge on any atom is 0.223 e. The zero-order valence-electron chi connectivity index (χ0n) is 13.3. The molecule has 1 aliphatic carbocycles. The molecule has 1 heterocycles. The second-order valence-electron chi connectivity index (χ2n) is 6.32. The summed E-state index contributed by atoms with van der Waals surface area (Å²) in [5.74, 6) is 0.593. The number of carbonyl (C=O) groups excluding carboxylic acids is 1. The van der Waals surface area contributed by atoms with E-state index in [0.717, 1.165) is 12.8 Å². The Morgan fingerprint density at radius 1 is 1.33 bits per heavy atom. The lowest BCUT2D eigenvalue weighted by molar-refractivity contribution is -0.189. The van der Waals surface area contributed by atoms with E-state index in [-0.39, 0.29) is 23.6 Å². The van der Waals surface area contributed by atoms with Crippen LogP contribution in [0.15, 0.2) is 23.7 Å². The number of ether oxygens (including phenoxy) is 3. The molecule has 5 heteroatoms. The lowest BCUT2D eigenvalue weighted by atomic mass is 9.75. The molecule has 0 bridgehead atoms. The first-order valence-electron chi connectivity index (χ1n) is 7.22. The SMILES string of the molecule is COC1=CC2(OC(C(C)(C)O)CCC2C)C(OC)=CC1=O. The lowest BCUT2D eigenvalue weighted by Crippen LogP contribution is -2.54. The summed E-state index contributed by atoms with van der Waals surface area (Å²) in [5, 5.41) is 10.3. The Hall–Kier alpha value is -1.33. The quantitative estimate of drug-likeness (QED) is 0.862. The minimum atomic E-state index is -0.964. The minimum Gasteiger partial charge on any atom is -0.498 e. The summed E-state index contributed by atoms with van der Waals surface area (Å²) < 4.78 is 16.8. The van der Waals surface area contributed by atoms with Gasteiger partial charge in [0.15, 0.2) is 11.4 Å². The molecule has 1 spiro atoms. The number of aliphatic hydroxyl groups is 1. The van der Waals surface area contributed by atoms with Crippen LogP contribution in [0.3, 0.4) is 0 Å². The van der Waals surface area contributed by atoms with Crippen LogP contribution >= 0.6 is 0 Å². The van der Waals surface area contributed by atoms with Crippen LogP contribution in [0, 0.1) is 5.92 Å². The molecule has 1 aliphatic heterocycles. The molecule has 118 valence electrons. The maximum atomic E-state index is 12.0. The topological polar surface area (TPSA) is 65.0 Å². The van der Waals surface area contributed by atoms with Crippen LogP contribution in [0.1, 0.15) is 33.6 Å². The number of ketones is 1. The van der Waals surface area contributed by atoms with E-state index in [9.17, 15) is 9.90 Å². The normalized spacial score (nSPS) is 33.5. The van der Waals surface area contributed by atoms with E-state index in [0.29, 0.717) is 5.76 Å². The van der Waals surface area contributed by atoms with Crippen LogP contribution < -0.4 is 0 Å². The Morgan fingerprint density at radius 3 is 2.52 bits per heavy atom. The summed E-state index contributed by atoms with van der Waals surface area (Å²) in [6, 6.07) is 0. The highest BCUT2D eigenvalue weighted by atomic mass is 16.6. The Kier molecular flexibility index (Phi) is 4.17. The highest BCUT2D eigenvalue weighted by Gasteiger charge is 2.51. The maximum absolute atomic E-state index is 12.0. The van der Waals surface area contributed by atoms with Crippen molar-refractivity contribution in [3.05, 3.63) is 23.7 Å². The Morgan fingerprint density at radius 2 is 2.00 bits per heavy atom. The summed E-state index contributed by atoms with van der Waals surface area (Å²) in [7, 11) is 2.99. The second kappa shape index (κ2) is 5.46. The standard InChI is InChI=1S/C16H24O5/c1-10-6-7-13(15(2,3)18)21-16(10)9-12(19-4)11(17)8-14(16)20-5/h8-10,13,18H,6-7H2,1-5H3. The third-order valence-electron chi connectivity index (χ3n) is 4.39. The van der Waals surface area contributed by atoms with Crippen molar-refractivity contribution in [3.8, 4) is 0 Å². The van der Waals surface area contributed by atoms with Crippen molar-refractivity contribution in [1.29, 1.82) is 0 Å². The summed E-state index contributed by atoms with van der Waals surface area (Å²) in [5.41, 5.74) is -1.83. The van der Waals surface area contributed by atoms with Gasteiger partial charge in [-0.1, -0.05) is 6.92 Å². The van der Waals surface area contributed by atoms with Gasteiger partial charge in [0.1, 0.15) is 5.76 Å². The van der Waals surface area contributed by atoms with Gasteiger partial charge < -0.3 is 19.3 Å². The molecule has 1 saturated heterocycles. The van der Waals surface area contributed by atoms with E-state index < -0.39 is 11.2 Å². The molecule has 0 aromatic rings. The molecule has 5 nitrogen and oxygen atoms in total. The van der Waals surface area contributed by atoms with E-state index in [4.69, 9.17) is 14.2 Å². The summed E-state index contributed by atoms with van der Waals surface area (Å²) in [6.45, 7) is 5.51. The van der Waals surface area contributed by atoms with Gasteiger partial charge in [-0.05, 0) is 32.6 Å². The van der Waals surface area contributed by atoms with Crippen LogP contribution in [-0.4, -0.2) is 42.4 Å².